The average molecular weight is 158 g/mol. The summed E-state index contributed by atoms with van der Waals surface area (Å²) in [5.74, 6) is 1.34. The maximum atomic E-state index is 3.48. The van der Waals surface area contributed by atoms with Crippen LogP contribution >= 0.6 is 11.8 Å². The second-order valence-electron chi connectivity index (χ2n) is 3.17. The van der Waals surface area contributed by atoms with Crippen molar-refractivity contribution in [2.75, 3.05) is 31.9 Å². The molecule has 0 bridgehead atoms. The molecule has 0 amide bonds. The second-order valence-corrected chi connectivity index (χ2v) is 4.73. The Kier molecular flexibility index (Phi) is 1.89. The molecule has 58 valence electrons. The van der Waals surface area contributed by atoms with Gasteiger partial charge in [0.25, 0.3) is 0 Å². The minimum absolute atomic E-state index is 0.580. The Hall–Kier alpha value is 0.270. The lowest BCUT2D eigenvalue weighted by Gasteiger charge is -2.41. The van der Waals surface area contributed by atoms with E-state index in [9.17, 15) is 0 Å². The van der Waals surface area contributed by atoms with E-state index in [1.807, 2.05) is 0 Å². The van der Waals surface area contributed by atoms with Crippen LogP contribution in [0.5, 0.6) is 0 Å². The predicted molar refractivity (Wildman–Crippen MR) is 45.5 cm³/mol. The molecule has 10 heavy (non-hydrogen) atoms. The van der Waals surface area contributed by atoms with Crippen LogP contribution in [0.15, 0.2) is 0 Å². The molecule has 2 aliphatic heterocycles. The first-order valence-corrected chi connectivity index (χ1v) is 4.95. The Morgan fingerprint density at radius 2 is 1.90 bits per heavy atom. The first-order valence-electron chi connectivity index (χ1n) is 3.97. The van der Waals surface area contributed by atoms with Gasteiger partial charge in [-0.3, -0.25) is 0 Å². The third kappa shape index (κ3) is 1.18. The summed E-state index contributed by atoms with van der Waals surface area (Å²) in [6.07, 6.45) is 1.34. The van der Waals surface area contributed by atoms with Crippen LogP contribution < -0.4 is 10.6 Å². The van der Waals surface area contributed by atoms with E-state index in [-0.39, 0.29) is 0 Å². The maximum absolute atomic E-state index is 3.48. The van der Waals surface area contributed by atoms with Gasteiger partial charge < -0.3 is 10.6 Å². The highest BCUT2D eigenvalue weighted by molar-refractivity contribution is 8.00. The van der Waals surface area contributed by atoms with Crippen molar-refractivity contribution >= 4 is 11.8 Å². The summed E-state index contributed by atoms with van der Waals surface area (Å²) in [6, 6.07) is 0. The van der Waals surface area contributed by atoms with Gasteiger partial charge in [0.1, 0.15) is 0 Å². The van der Waals surface area contributed by atoms with Crippen LogP contribution in [0.1, 0.15) is 6.42 Å². The van der Waals surface area contributed by atoms with Crippen molar-refractivity contribution in [3.8, 4) is 0 Å². The Bertz CT molecular complexity index is 113. The van der Waals surface area contributed by atoms with E-state index in [2.05, 4.69) is 22.4 Å². The highest BCUT2D eigenvalue weighted by Crippen LogP contribution is 2.30. The minimum atomic E-state index is 0.580. The van der Waals surface area contributed by atoms with Crippen molar-refractivity contribution in [3.05, 3.63) is 0 Å². The number of hydrogen-bond donors (Lipinski definition) is 2. The molecule has 0 atom stereocenters. The smallest absolute Gasteiger partial charge is 0.0532 e. The third-order valence-electron chi connectivity index (χ3n) is 2.25. The number of nitrogens with one attached hydrogen (secondary N) is 2. The highest BCUT2D eigenvalue weighted by atomic mass is 32.2. The number of hydrogen-bond acceptors (Lipinski definition) is 3. The molecule has 2 rings (SSSR count). The van der Waals surface area contributed by atoms with E-state index in [1.165, 1.54) is 38.4 Å². The summed E-state index contributed by atoms with van der Waals surface area (Å²) in [4.78, 5) is 0. The maximum Gasteiger partial charge on any atom is 0.0532 e. The highest BCUT2D eigenvalue weighted by Gasteiger charge is 2.37. The predicted octanol–water partition coefficient (Wildman–Crippen LogP) is 0.0549. The van der Waals surface area contributed by atoms with Crippen molar-refractivity contribution < 1.29 is 0 Å². The summed E-state index contributed by atoms with van der Waals surface area (Å²) in [7, 11) is 0. The molecule has 0 saturated carbocycles. The van der Waals surface area contributed by atoms with Gasteiger partial charge in [-0.05, 0) is 18.7 Å². The van der Waals surface area contributed by atoms with Crippen LogP contribution in [0.3, 0.4) is 0 Å². The average Bonchev–Trinajstić information content (AvgIpc) is 2.08. The molecule has 0 aromatic rings. The Labute approximate surface area is 66.1 Å². The van der Waals surface area contributed by atoms with Crippen LogP contribution in [0.4, 0.5) is 0 Å². The molecule has 0 unspecified atom stereocenters. The zero-order valence-corrected chi connectivity index (χ0v) is 6.97. The Morgan fingerprint density at radius 3 is 2.60 bits per heavy atom. The second kappa shape index (κ2) is 2.72. The molecule has 2 heterocycles. The first-order chi connectivity index (χ1) is 4.91. The van der Waals surface area contributed by atoms with Crippen molar-refractivity contribution in [2.24, 2.45) is 0 Å². The summed E-state index contributed by atoms with van der Waals surface area (Å²) >= 11 is 2.15. The van der Waals surface area contributed by atoms with Crippen molar-refractivity contribution in [1.29, 1.82) is 0 Å². The fourth-order valence-electron chi connectivity index (χ4n) is 1.48. The molecule has 2 N–H and O–H groups in total. The van der Waals surface area contributed by atoms with Crippen LogP contribution in [-0.4, -0.2) is 36.7 Å². The van der Waals surface area contributed by atoms with E-state index in [0.717, 1.165) is 0 Å². The molecular weight excluding hydrogens is 144 g/mol. The quantitative estimate of drug-likeness (QED) is 0.521. The van der Waals surface area contributed by atoms with Gasteiger partial charge >= 0.3 is 0 Å². The van der Waals surface area contributed by atoms with Gasteiger partial charge in [0.15, 0.2) is 0 Å². The van der Waals surface area contributed by atoms with Gasteiger partial charge in [-0.25, -0.2) is 0 Å². The van der Waals surface area contributed by atoms with Crippen LogP contribution in [0, 0.1) is 0 Å². The SMILES string of the molecule is C1CNCC2(CNC2)SC1. The summed E-state index contributed by atoms with van der Waals surface area (Å²) in [5.41, 5.74) is 0. The van der Waals surface area contributed by atoms with Crippen LogP contribution in [-0.2, 0) is 0 Å². The van der Waals surface area contributed by atoms with Crippen molar-refractivity contribution in [2.45, 2.75) is 11.2 Å². The molecule has 2 nitrogen and oxygen atoms in total. The van der Waals surface area contributed by atoms with Gasteiger partial charge in [-0.2, -0.15) is 11.8 Å². The molecule has 0 aromatic carbocycles. The summed E-state index contributed by atoms with van der Waals surface area (Å²) < 4.78 is 0.580. The van der Waals surface area contributed by atoms with E-state index < -0.39 is 0 Å². The van der Waals surface area contributed by atoms with Crippen LogP contribution in [0.25, 0.3) is 0 Å². The van der Waals surface area contributed by atoms with E-state index in [0.29, 0.717) is 4.75 Å². The fraction of sp³-hybridized carbons (Fsp3) is 1.00. The van der Waals surface area contributed by atoms with E-state index >= 15 is 0 Å². The Balaban J connectivity index is 1.92. The van der Waals surface area contributed by atoms with Crippen LogP contribution in [0.2, 0.25) is 0 Å². The van der Waals surface area contributed by atoms with Gasteiger partial charge in [0.2, 0.25) is 0 Å². The molecular formula is C7H14N2S. The van der Waals surface area contributed by atoms with E-state index in [1.54, 1.807) is 0 Å². The first kappa shape index (κ1) is 6.95. The molecule has 0 radical (unpaired) electrons. The molecule has 2 fully saturated rings. The normalized spacial score (nSPS) is 31.2. The topological polar surface area (TPSA) is 24.1 Å². The van der Waals surface area contributed by atoms with Crippen molar-refractivity contribution in [3.63, 3.8) is 0 Å². The largest absolute Gasteiger partial charge is 0.315 e. The fourth-order valence-corrected chi connectivity index (χ4v) is 2.82. The van der Waals surface area contributed by atoms with Crippen molar-refractivity contribution in [1.82, 2.24) is 10.6 Å². The lowest BCUT2D eigenvalue weighted by molar-refractivity contribution is 0.379. The van der Waals surface area contributed by atoms with Gasteiger partial charge in [-0.1, -0.05) is 0 Å². The molecule has 0 aromatic heterocycles. The summed E-state index contributed by atoms with van der Waals surface area (Å²) in [5, 5.41) is 6.82. The third-order valence-corrected chi connectivity index (χ3v) is 3.79. The molecule has 2 saturated heterocycles. The minimum Gasteiger partial charge on any atom is -0.315 e. The number of rotatable bonds is 0. The lowest BCUT2D eigenvalue weighted by atomic mass is 10.0. The number of thioether (sulfide) groups is 1. The summed E-state index contributed by atoms with van der Waals surface area (Å²) in [6.45, 7) is 4.86. The van der Waals surface area contributed by atoms with E-state index in [4.69, 9.17) is 0 Å². The molecule has 1 spiro atoms. The molecule has 0 aliphatic carbocycles. The monoisotopic (exact) mass is 158 g/mol. The standard InChI is InChI=1S/C7H14N2S/c1-2-8-4-7(10-3-1)5-9-6-7/h8-9H,1-6H2. The van der Waals surface area contributed by atoms with Gasteiger partial charge in [0, 0.05) is 19.6 Å². The van der Waals surface area contributed by atoms with Gasteiger partial charge in [0.05, 0.1) is 4.75 Å². The zero-order chi connectivity index (χ0) is 6.86. The lowest BCUT2D eigenvalue weighted by Crippen LogP contribution is -2.61. The van der Waals surface area contributed by atoms with Gasteiger partial charge in [-0.15, -0.1) is 0 Å². The molecule has 3 heteroatoms. The molecule has 2 aliphatic rings. The zero-order valence-electron chi connectivity index (χ0n) is 6.15. The Morgan fingerprint density at radius 1 is 1.10 bits per heavy atom.